The molecule has 2 aliphatic heterocycles. The van der Waals surface area contributed by atoms with Gasteiger partial charge in [-0.3, -0.25) is 14.1 Å². The van der Waals surface area contributed by atoms with Crippen molar-refractivity contribution in [2.45, 2.75) is 54.7 Å². The van der Waals surface area contributed by atoms with E-state index in [-0.39, 0.29) is 23.8 Å². The van der Waals surface area contributed by atoms with Gasteiger partial charge in [0.15, 0.2) is 0 Å². The lowest BCUT2D eigenvalue weighted by molar-refractivity contribution is -0.205. The van der Waals surface area contributed by atoms with E-state index in [0.717, 1.165) is 0 Å². The van der Waals surface area contributed by atoms with E-state index in [4.69, 9.17) is 14.0 Å². The summed E-state index contributed by atoms with van der Waals surface area (Å²) in [5.74, 6) is -1.95. The Hall–Kier alpha value is -2.57. The smallest absolute Gasteiger partial charge is 0.458 e. The molecule has 6 N–H and O–H groups in total. The summed E-state index contributed by atoms with van der Waals surface area (Å²) in [4.78, 5) is 24.9. The third-order valence-electron chi connectivity index (χ3n) is 5.54. The number of esters is 1. The van der Waals surface area contributed by atoms with Gasteiger partial charge in [-0.25, -0.2) is 4.28 Å². The van der Waals surface area contributed by atoms with Crippen LogP contribution in [0.2, 0.25) is 0 Å². The summed E-state index contributed by atoms with van der Waals surface area (Å²) in [5, 5.41) is 45.2. The molecule has 1 saturated heterocycles. The molecule has 1 fully saturated rings. The third-order valence-corrected chi connectivity index (χ3v) is 6.94. The van der Waals surface area contributed by atoms with Crippen molar-refractivity contribution in [2.75, 3.05) is 11.9 Å². The lowest BCUT2D eigenvalue weighted by Gasteiger charge is -2.39. The van der Waals surface area contributed by atoms with Gasteiger partial charge in [0.25, 0.3) is 0 Å². The number of aliphatic hydroxyl groups excluding tert-OH is 4. The maximum absolute atomic E-state index is 12.6. The standard InChI is InChI=1S/C21H26N2O12S2/c1-2-10(33-16(25)8-12-11-5-3-4-6-13(11)22-20(12)29)7-15(23-35-37(30,31)32)36-21-19(28)18(27)17(26)14(9-24)34-21/h2-6,10,12,14,17-19,21,24,26-28H,1,7-9H2,(H,22,29)(H,30,31,32)/b23-15+/t10-,12?,14-,17-,18+,19-,21+/m1/s1. The Morgan fingerprint density at radius 2 is 1.95 bits per heavy atom. The first-order chi connectivity index (χ1) is 17.4. The normalized spacial score (nSPS) is 28.7. The molecular formula is C21H26N2O12S2. The van der Waals surface area contributed by atoms with Gasteiger partial charge in [-0.1, -0.05) is 47.8 Å². The van der Waals surface area contributed by atoms with Crippen molar-refractivity contribution in [3.05, 3.63) is 42.5 Å². The number of amides is 1. The summed E-state index contributed by atoms with van der Waals surface area (Å²) in [6.45, 7) is 2.84. The predicted molar refractivity (Wildman–Crippen MR) is 129 cm³/mol. The van der Waals surface area contributed by atoms with E-state index < -0.39 is 64.8 Å². The number of rotatable bonds is 10. The quantitative estimate of drug-likeness (QED) is 0.0517. The number of carbonyl (C=O) groups is 2. The molecule has 3 rings (SSSR count). The predicted octanol–water partition coefficient (Wildman–Crippen LogP) is -0.734. The minimum atomic E-state index is -5.04. The van der Waals surface area contributed by atoms with Gasteiger partial charge in [0, 0.05) is 12.1 Å². The molecule has 1 unspecified atom stereocenters. The number of carbonyl (C=O) groups excluding carboxylic acids is 2. The van der Waals surface area contributed by atoms with Crippen LogP contribution in [-0.2, 0) is 33.7 Å². The molecule has 204 valence electrons. The molecule has 37 heavy (non-hydrogen) atoms. The van der Waals surface area contributed by atoms with Crippen LogP contribution < -0.4 is 5.32 Å². The summed E-state index contributed by atoms with van der Waals surface area (Å²) in [6.07, 6.45) is -6.94. The molecule has 0 bridgehead atoms. The first-order valence-corrected chi connectivity index (χ1v) is 13.1. The number of hydrogen-bond acceptors (Lipinski definition) is 13. The molecule has 0 saturated carbocycles. The van der Waals surface area contributed by atoms with Gasteiger partial charge in [0.1, 0.15) is 41.0 Å². The minimum Gasteiger partial charge on any atom is -0.458 e. The van der Waals surface area contributed by atoms with Crippen LogP contribution in [0.5, 0.6) is 0 Å². The highest BCUT2D eigenvalue weighted by atomic mass is 32.3. The first kappa shape index (κ1) is 29.0. The van der Waals surface area contributed by atoms with Gasteiger partial charge < -0.3 is 35.2 Å². The van der Waals surface area contributed by atoms with Crippen LogP contribution >= 0.6 is 11.8 Å². The van der Waals surface area contributed by atoms with E-state index in [1.807, 2.05) is 0 Å². The van der Waals surface area contributed by atoms with Crippen LogP contribution in [0.15, 0.2) is 42.1 Å². The van der Waals surface area contributed by atoms with Crippen molar-refractivity contribution in [3.8, 4) is 0 Å². The second kappa shape index (κ2) is 12.3. The Morgan fingerprint density at radius 1 is 1.24 bits per heavy atom. The molecule has 0 aliphatic carbocycles. The fourth-order valence-electron chi connectivity index (χ4n) is 3.70. The Bertz CT molecular complexity index is 1140. The molecule has 0 radical (unpaired) electrons. The highest BCUT2D eigenvalue weighted by Crippen LogP contribution is 2.35. The molecule has 7 atom stereocenters. The van der Waals surface area contributed by atoms with E-state index in [2.05, 4.69) is 21.3 Å². The summed E-state index contributed by atoms with van der Waals surface area (Å²) in [5.41, 5.74) is -0.168. The van der Waals surface area contributed by atoms with Gasteiger partial charge in [0.05, 0.1) is 18.9 Å². The number of nitrogens with zero attached hydrogens (tertiary/aromatic N) is 1. The second-order valence-corrected chi connectivity index (χ2v) is 10.3. The van der Waals surface area contributed by atoms with E-state index in [1.54, 1.807) is 24.3 Å². The molecule has 0 spiro atoms. The van der Waals surface area contributed by atoms with Crippen LogP contribution in [0, 0.1) is 0 Å². The molecule has 1 aromatic rings. The van der Waals surface area contributed by atoms with Crippen LogP contribution in [-0.4, -0.2) is 92.9 Å². The number of ether oxygens (including phenoxy) is 2. The van der Waals surface area contributed by atoms with Crippen LogP contribution in [0.3, 0.4) is 0 Å². The first-order valence-electron chi connectivity index (χ1n) is 10.9. The number of anilines is 1. The number of thioether (sulfide) groups is 1. The molecule has 1 amide bonds. The zero-order valence-corrected chi connectivity index (χ0v) is 20.7. The molecule has 2 aliphatic rings. The number of para-hydroxylation sites is 1. The maximum atomic E-state index is 12.6. The zero-order valence-electron chi connectivity index (χ0n) is 19.1. The summed E-state index contributed by atoms with van der Waals surface area (Å²) in [7, 11) is -5.04. The van der Waals surface area contributed by atoms with Crippen molar-refractivity contribution in [1.29, 1.82) is 0 Å². The highest BCUT2D eigenvalue weighted by Gasteiger charge is 2.44. The Kier molecular flexibility index (Phi) is 9.65. The Morgan fingerprint density at radius 3 is 2.59 bits per heavy atom. The number of fused-ring (bicyclic) bond motifs is 1. The van der Waals surface area contributed by atoms with E-state index in [1.165, 1.54) is 6.08 Å². The summed E-state index contributed by atoms with van der Waals surface area (Å²) >= 11 is 0.526. The van der Waals surface area contributed by atoms with Crippen molar-refractivity contribution in [2.24, 2.45) is 5.16 Å². The fraction of sp³-hybridized carbons (Fsp3) is 0.476. The lowest BCUT2D eigenvalue weighted by atomic mass is 9.97. The average molecular weight is 563 g/mol. The van der Waals surface area contributed by atoms with Crippen LogP contribution in [0.4, 0.5) is 5.69 Å². The van der Waals surface area contributed by atoms with Gasteiger partial charge in [-0.15, -0.1) is 0 Å². The monoisotopic (exact) mass is 562 g/mol. The maximum Gasteiger partial charge on any atom is 0.466 e. The SMILES string of the molecule is C=C[C@H](C/C(=N\OS(=O)(=O)O)S[C@@H]1O[C@H](CO)[C@@H](O)[C@H](O)[C@H]1O)OC(=O)CC1C(=O)Nc2ccccc21. The lowest BCUT2D eigenvalue weighted by Crippen LogP contribution is -2.57. The van der Waals surface area contributed by atoms with Crippen molar-refractivity contribution < 1.29 is 56.7 Å². The topological polar surface area (TPSA) is 222 Å². The molecule has 2 heterocycles. The number of oxime groups is 1. The van der Waals surface area contributed by atoms with E-state index in [0.29, 0.717) is 23.0 Å². The van der Waals surface area contributed by atoms with Gasteiger partial charge >= 0.3 is 16.4 Å². The molecule has 16 heteroatoms. The minimum absolute atomic E-state index is 0.288. The average Bonchev–Trinajstić information content (AvgIpc) is 3.16. The van der Waals surface area contributed by atoms with Crippen LogP contribution in [0.25, 0.3) is 0 Å². The number of hydrogen-bond donors (Lipinski definition) is 6. The van der Waals surface area contributed by atoms with Gasteiger partial charge in [-0.05, 0) is 11.6 Å². The molecular weight excluding hydrogens is 536 g/mol. The van der Waals surface area contributed by atoms with Crippen molar-refractivity contribution >= 4 is 44.8 Å². The van der Waals surface area contributed by atoms with Crippen molar-refractivity contribution in [3.63, 3.8) is 0 Å². The number of benzene rings is 1. The Labute approximate surface area is 215 Å². The number of aliphatic hydroxyl groups is 4. The van der Waals surface area contributed by atoms with Gasteiger partial charge in [0.2, 0.25) is 5.91 Å². The Balaban J connectivity index is 1.71. The zero-order chi connectivity index (χ0) is 27.3. The molecule has 1 aromatic carbocycles. The highest BCUT2D eigenvalue weighted by molar-refractivity contribution is 8.14. The summed E-state index contributed by atoms with van der Waals surface area (Å²) in [6, 6.07) is 6.85. The van der Waals surface area contributed by atoms with Crippen molar-refractivity contribution in [1.82, 2.24) is 0 Å². The fourth-order valence-corrected chi connectivity index (χ4v) is 5.04. The number of nitrogens with one attached hydrogen (secondary N) is 1. The van der Waals surface area contributed by atoms with Gasteiger partial charge in [-0.2, -0.15) is 8.42 Å². The molecule has 14 nitrogen and oxygen atoms in total. The van der Waals surface area contributed by atoms with E-state index >= 15 is 0 Å². The van der Waals surface area contributed by atoms with Crippen LogP contribution in [0.1, 0.15) is 24.3 Å². The van der Waals surface area contributed by atoms with E-state index in [9.17, 15) is 38.4 Å². The largest absolute Gasteiger partial charge is 0.466 e. The summed E-state index contributed by atoms with van der Waals surface area (Å²) < 4.78 is 45.7. The third kappa shape index (κ3) is 7.48. The molecule has 0 aromatic heterocycles. The second-order valence-electron chi connectivity index (χ2n) is 8.10.